The van der Waals surface area contributed by atoms with Gasteiger partial charge in [0.2, 0.25) is 5.91 Å². The number of amides is 1. The first-order chi connectivity index (χ1) is 9.56. The molecule has 2 N–H and O–H groups in total. The molecule has 1 aromatic carbocycles. The minimum Gasteiger partial charge on any atom is -0.480 e. The minimum atomic E-state index is -1.05. The number of aliphatic carboxylic acids is 1. The highest BCUT2D eigenvalue weighted by atomic mass is 32.1. The van der Waals surface area contributed by atoms with Crippen LogP contribution in [0.25, 0.3) is 10.6 Å². The Morgan fingerprint density at radius 3 is 2.70 bits per heavy atom. The van der Waals surface area contributed by atoms with Gasteiger partial charge in [-0.25, -0.2) is 4.98 Å². The molecule has 0 unspecified atom stereocenters. The summed E-state index contributed by atoms with van der Waals surface area (Å²) in [6.07, 6.45) is 0.0843. The summed E-state index contributed by atoms with van der Waals surface area (Å²) in [6.45, 7) is 1.43. The molecule has 1 atom stereocenters. The van der Waals surface area contributed by atoms with Crippen LogP contribution in [0, 0.1) is 0 Å². The van der Waals surface area contributed by atoms with Crippen molar-refractivity contribution in [3.63, 3.8) is 0 Å². The fraction of sp³-hybridized carbons (Fsp3) is 0.214. The monoisotopic (exact) mass is 290 g/mol. The van der Waals surface area contributed by atoms with Gasteiger partial charge in [-0.15, -0.1) is 11.3 Å². The number of hydrogen-bond acceptors (Lipinski definition) is 4. The molecule has 2 aromatic rings. The first-order valence-electron chi connectivity index (χ1n) is 6.08. The summed E-state index contributed by atoms with van der Waals surface area (Å²) in [6, 6.07) is 8.80. The van der Waals surface area contributed by atoms with Crippen molar-refractivity contribution in [1.29, 1.82) is 0 Å². The molecule has 0 saturated heterocycles. The third kappa shape index (κ3) is 3.64. The van der Waals surface area contributed by atoms with Crippen LogP contribution in [0.15, 0.2) is 35.7 Å². The fourth-order valence-corrected chi connectivity index (χ4v) is 2.45. The molecular formula is C14H14N2O3S. The summed E-state index contributed by atoms with van der Waals surface area (Å²) in [7, 11) is 0. The summed E-state index contributed by atoms with van der Waals surface area (Å²) >= 11 is 1.46. The zero-order valence-electron chi connectivity index (χ0n) is 10.9. The van der Waals surface area contributed by atoms with Gasteiger partial charge in [0.15, 0.2) is 0 Å². The predicted molar refractivity (Wildman–Crippen MR) is 76.5 cm³/mol. The molecular weight excluding hydrogens is 276 g/mol. The molecule has 0 fully saturated rings. The third-order valence-electron chi connectivity index (χ3n) is 2.66. The molecule has 1 heterocycles. The molecule has 0 bridgehead atoms. The summed E-state index contributed by atoms with van der Waals surface area (Å²) in [5.74, 6) is -1.40. The van der Waals surface area contributed by atoms with Crippen molar-refractivity contribution in [2.24, 2.45) is 0 Å². The first-order valence-corrected chi connectivity index (χ1v) is 6.96. The minimum absolute atomic E-state index is 0.0843. The molecule has 2 rings (SSSR count). The number of carboxylic acid groups (broad SMARTS) is 1. The van der Waals surface area contributed by atoms with E-state index in [0.29, 0.717) is 5.69 Å². The zero-order valence-corrected chi connectivity index (χ0v) is 11.7. The van der Waals surface area contributed by atoms with Gasteiger partial charge in [-0.05, 0) is 6.92 Å². The Balaban J connectivity index is 2.00. The van der Waals surface area contributed by atoms with E-state index < -0.39 is 12.0 Å². The SMILES string of the molecule is C[C@H](NC(=O)Cc1csc(-c2ccccc2)n1)C(=O)O. The standard InChI is InChI=1S/C14H14N2O3S/c1-9(14(18)19)15-12(17)7-11-8-20-13(16-11)10-5-3-2-4-6-10/h2-6,8-9H,7H2,1H3,(H,15,17)(H,18,19)/t9-/m0/s1. The largest absolute Gasteiger partial charge is 0.480 e. The highest BCUT2D eigenvalue weighted by molar-refractivity contribution is 7.13. The Labute approximate surface area is 120 Å². The summed E-state index contributed by atoms with van der Waals surface area (Å²) in [4.78, 5) is 26.7. The Bertz CT molecular complexity index is 610. The summed E-state index contributed by atoms with van der Waals surface area (Å²) < 4.78 is 0. The zero-order chi connectivity index (χ0) is 14.5. The van der Waals surface area contributed by atoms with Crippen LogP contribution in [-0.2, 0) is 16.0 Å². The van der Waals surface area contributed by atoms with Crippen molar-refractivity contribution < 1.29 is 14.7 Å². The number of carbonyl (C=O) groups is 2. The maximum atomic E-state index is 11.7. The molecule has 5 nitrogen and oxygen atoms in total. The number of nitrogens with zero attached hydrogens (tertiary/aromatic N) is 1. The number of aromatic nitrogens is 1. The van der Waals surface area contributed by atoms with Gasteiger partial charge in [0, 0.05) is 10.9 Å². The number of thiazole rings is 1. The second-order valence-corrected chi connectivity index (χ2v) is 5.17. The van der Waals surface area contributed by atoms with Crippen molar-refractivity contribution >= 4 is 23.2 Å². The molecule has 0 aliphatic rings. The van der Waals surface area contributed by atoms with Crippen LogP contribution in [0.4, 0.5) is 0 Å². The molecule has 6 heteroatoms. The van der Waals surface area contributed by atoms with Gasteiger partial charge in [-0.3, -0.25) is 9.59 Å². The molecule has 104 valence electrons. The molecule has 1 aromatic heterocycles. The van der Waals surface area contributed by atoms with E-state index in [1.54, 1.807) is 0 Å². The van der Waals surface area contributed by atoms with Gasteiger partial charge in [-0.2, -0.15) is 0 Å². The first kappa shape index (κ1) is 14.2. The van der Waals surface area contributed by atoms with Crippen LogP contribution in [0.2, 0.25) is 0 Å². The van der Waals surface area contributed by atoms with E-state index in [0.717, 1.165) is 10.6 Å². The Morgan fingerprint density at radius 1 is 1.35 bits per heavy atom. The van der Waals surface area contributed by atoms with Gasteiger partial charge in [0.1, 0.15) is 11.0 Å². The van der Waals surface area contributed by atoms with Crippen molar-refractivity contribution in [3.8, 4) is 10.6 Å². The van der Waals surface area contributed by atoms with E-state index in [2.05, 4.69) is 10.3 Å². The van der Waals surface area contributed by atoms with E-state index in [1.807, 2.05) is 35.7 Å². The number of carbonyl (C=O) groups excluding carboxylic acids is 1. The molecule has 1 amide bonds. The molecule has 0 spiro atoms. The fourth-order valence-electron chi connectivity index (χ4n) is 1.62. The van der Waals surface area contributed by atoms with Gasteiger partial charge >= 0.3 is 5.97 Å². The smallest absolute Gasteiger partial charge is 0.325 e. The number of rotatable bonds is 5. The normalized spacial score (nSPS) is 11.8. The third-order valence-corrected chi connectivity index (χ3v) is 3.60. The number of benzene rings is 1. The van der Waals surface area contributed by atoms with Gasteiger partial charge in [0.05, 0.1) is 12.1 Å². The maximum absolute atomic E-state index is 11.7. The topological polar surface area (TPSA) is 79.3 Å². The number of carboxylic acids is 1. The molecule has 0 aliphatic heterocycles. The summed E-state index contributed by atoms with van der Waals surface area (Å²) in [5, 5.41) is 13.8. The number of nitrogens with one attached hydrogen (secondary N) is 1. The van der Waals surface area contributed by atoms with Crippen LogP contribution in [0.3, 0.4) is 0 Å². The van der Waals surface area contributed by atoms with E-state index in [4.69, 9.17) is 5.11 Å². The lowest BCUT2D eigenvalue weighted by atomic mass is 10.2. The van der Waals surface area contributed by atoms with Crippen molar-refractivity contribution in [2.75, 3.05) is 0 Å². The Kier molecular flexibility index (Phi) is 4.47. The Hall–Kier alpha value is -2.21. The van der Waals surface area contributed by atoms with E-state index in [1.165, 1.54) is 18.3 Å². The van der Waals surface area contributed by atoms with Crippen molar-refractivity contribution in [1.82, 2.24) is 10.3 Å². The van der Waals surface area contributed by atoms with Crippen LogP contribution < -0.4 is 5.32 Å². The van der Waals surface area contributed by atoms with Crippen LogP contribution in [0.1, 0.15) is 12.6 Å². The van der Waals surface area contributed by atoms with Gasteiger partial charge in [-0.1, -0.05) is 30.3 Å². The highest BCUT2D eigenvalue weighted by Crippen LogP contribution is 2.23. The van der Waals surface area contributed by atoms with Crippen molar-refractivity contribution in [2.45, 2.75) is 19.4 Å². The highest BCUT2D eigenvalue weighted by Gasteiger charge is 2.15. The van der Waals surface area contributed by atoms with E-state index >= 15 is 0 Å². The van der Waals surface area contributed by atoms with E-state index in [-0.39, 0.29) is 12.3 Å². The maximum Gasteiger partial charge on any atom is 0.325 e. The van der Waals surface area contributed by atoms with Crippen LogP contribution >= 0.6 is 11.3 Å². The number of hydrogen-bond donors (Lipinski definition) is 2. The quantitative estimate of drug-likeness (QED) is 0.882. The lowest BCUT2D eigenvalue weighted by molar-refractivity contribution is -0.141. The van der Waals surface area contributed by atoms with Crippen LogP contribution in [0.5, 0.6) is 0 Å². The average molecular weight is 290 g/mol. The van der Waals surface area contributed by atoms with E-state index in [9.17, 15) is 9.59 Å². The molecule has 0 radical (unpaired) electrons. The second-order valence-electron chi connectivity index (χ2n) is 4.31. The van der Waals surface area contributed by atoms with Gasteiger partial charge in [0.25, 0.3) is 0 Å². The molecule has 0 saturated carbocycles. The average Bonchev–Trinajstić information content (AvgIpc) is 2.88. The Morgan fingerprint density at radius 2 is 2.05 bits per heavy atom. The lowest BCUT2D eigenvalue weighted by Gasteiger charge is -2.07. The van der Waals surface area contributed by atoms with Crippen molar-refractivity contribution in [3.05, 3.63) is 41.4 Å². The second kappa shape index (κ2) is 6.29. The lowest BCUT2D eigenvalue weighted by Crippen LogP contribution is -2.39. The van der Waals surface area contributed by atoms with Gasteiger partial charge < -0.3 is 10.4 Å². The molecule has 0 aliphatic carbocycles. The van der Waals surface area contributed by atoms with Crippen LogP contribution in [-0.4, -0.2) is 28.0 Å². The summed E-state index contributed by atoms with van der Waals surface area (Å²) in [5.41, 5.74) is 1.65. The predicted octanol–water partition coefficient (Wildman–Crippen LogP) is 1.94. The molecule has 20 heavy (non-hydrogen) atoms.